The predicted octanol–water partition coefficient (Wildman–Crippen LogP) is 3.02. The van der Waals surface area contributed by atoms with E-state index in [0.29, 0.717) is 10.0 Å². The van der Waals surface area contributed by atoms with Gasteiger partial charge in [-0.15, -0.1) is 0 Å². The molecule has 3 N–H and O–H groups in total. The van der Waals surface area contributed by atoms with Crippen molar-refractivity contribution >= 4 is 34.5 Å². The summed E-state index contributed by atoms with van der Waals surface area (Å²) < 4.78 is 0. The quantitative estimate of drug-likeness (QED) is 0.832. The molecule has 98 valence electrons. The van der Waals surface area contributed by atoms with Gasteiger partial charge in [-0.2, -0.15) is 0 Å². The van der Waals surface area contributed by atoms with Crippen LogP contribution in [-0.2, 0) is 6.42 Å². The molecule has 0 aliphatic carbocycles. The summed E-state index contributed by atoms with van der Waals surface area (Å²) in [5.41, 5.74) is 8.40. The van der Waals surface area contributed by atoms with Crippen LogP contribution in [0.1, 0.15) is 11.1 Å². The van der Waals surface area contributed by atoms with Gasteiger partial charge in [0.25, 0.3) is 0 Å². The van der Waals surface area contributed by atoms with E-state index in [1.807, 2.05) is 30.5 Å². The molecule has 1 aromatic heterocycles. The van der Waals surface area contributed by atoms with Crippen LogP contribution in [0.5, 0.6) is 0 Å². The number of halogens is 1. The predicted molar refractivity (Wildman–Crippen MR) is 83.8 cm³/mol. The highest BCUT2D eigenvalue weighted by Gasteiger charge is 2.03. The van der Waals surface area contributed by atoms with Crippen LogP contribution in [0.3, 0.4) is 0 Å². The summed E-state index contributed by atoms with van der Waals surface area (Å²) in [5.74, 6) is 0. The fraction of sp³-hybridized carbons (Fsp3) is 0.143. The first-order valence-electron chi connectivity index (χ1n) is 5.89. The molecule has 0 bridgehead atoms. The highest BCUT2D eigenvalue weighted by molar-refractivity contribution is 7.80. The Kier molecular flexibility index (Phi) is 4.71. The van der Waals surface area contributed by atoms with Crippen molar-refractivity contribution in [2.24, 2.45) is 5.73 Å². The lowest BCUT2D eigenvalue weighted by Crippen LogP contribution is -2.10. The number of thiocarbonyl (C=S) groups is 1. The summed E-state index contributed by atoms with van der Waals surface area (Å²) in [6, 6.07) is 9.50. The lowest BCUT2D eigenvalue weighted by molar-refractivity contribution is 1.01. The molecule has 5 heteroatoms. The second-order valence-electron chi connectivity index (χ2n) is 4.10. The first kappa shape index (κ1) is 13.8. The van der Waals surface area contributed by atoms with E-state index in [2.05, 4.69) is 10.3 Å². The zero-order valence-corrected chi connectivity index (χ0v) is 11.8. The zero-order valence-electron chi connectivity index (χ0n) is 10.3. The third-order valence-electron chi connectivity index (χ3n) is 2.71. The van der Waals surface area contributed by atoms with E-state index in [1.165, 1.54) is 5.56 Å². The summed E-state index contributed by atoms with van der Waals surface area (Å²) in [7, 11) is 0. The third kappa shape index (κ3) is 3.91. The zero-order chi connectivity index (χ0) is 13.7. The van der Waals surface area contributed by atoms with Crippen molar-refractivity contribution in [3.8, 4) is 0 Å². The summed E-state index contributed by atoms with van der Waals surface area (Å²) in [6.07, 6.45) is 4.52. The Morgan fingerprint density at radius 2 is 2.21 bits per heavy atom. The molecule has 0 radical (unpaired) electrons. The summed E-state index contributed by atoms with van der Waals surface area (Å²) in [6.45, 7) is 0.790. The highest BCUT2D eigenvalue weighted by Crippen LogP contribution is 2.23. The van der Waals surface area contributed by atoms with Gasteiger partial charge in [-0.25, -0.2) is 0 Å². The van der Waals surface area contributed by atoms with Crippen LogP contribution < -0.4 is 11.1 Å². The Morgan fingerprint density at radius 1 is 1.37 bits per heavy atom. The van der Waals surface area contributed by atoms with Gasteiger partial charge in [-0.05, 0) is 36.2 Å². The van der Waals surface area contributed by atoms with E-state index < -0.39 is 0 Å². The van der Waals surface area contributed by atoms with Crippen molar-refractivity contribution in [3.05, 3.63) is 58.9 Å². The number of hydrogen-bond acceptors (Lipinski definition) is 3. The molecular weight excluding hydrogens is 278 g/mol. The fourth-order valence-electron chi connectivity index (χ4n) is 1.70. The highest BCUT2D eigenvalue weighted by atomic mass is 35.5. The summed E-state index contributed by atoms with van der Waals surface area (Å²) >= 11 is 11.1. The van der Waals surface area contributed by atoms with Gasteiger partial charge in [0, 0.05) is 24.5 Å². The fourth-order valence-corrected chi connectivity index (χ4v) is 2.07. The first-order chi connectivity index (χ1) is 9.16. The van der Waals surface area contributed by atoms with Crippen LogP contribution >= 0.6 is 23.8 Å². The van der Waals surface area contributed by atoms with Crippen molar-refractivity contribution < 1.29 is 0 Å². The minimum atomic E-state index is 0.351. The molecule has 0 fully saturated rings. The van der Waals surface area contributed by atoms with Crippen molar-refractivity contribution in [1.82, 2.24) is 4.98 Å². The minimum Gasteiger partial charge on any atom is -0.389 e. The van der Waals surface area contributed by atoms with E-state index in [4.69, 9.17) is 29.6 Å². The van der Waals surface area contributed by atoms with Crippen molar-refractivity contribution in [2.75, 3.05) is 11.9 Å². The number of nitrogens with one attached hydrogen (secondary N) is 1. The number of benzene rings is 1. The molecule has 0 aliphatic rings. The Morgan fingerprint density at radius 3 is 2.84 bits per heavy atom. The Balaban J connectivity index is 1.95. The van der Waals surface area contributed by atoms with E-state index in [1.54, 1.807) is 12.3 Å². The maximum absolute atomic E-state index is 6.17. The van der Waals surface area contributed by atoms with Crippen LogP contribution in [-0.4, -0.2) is 16.5 Å². The molecular formula is C14H14ClN3S. The molecule has 0 aliphatic heterocycles. The summed E-state index contributed by atoms with van der Waals surface area (Å²) in [5, 5.41) is 3.91. The number of nitrogens with zero attached hydrogens (tertiary/aromatic N) is 1. The molecule has 0 unspecified atom stereocenters. The number of rotatable bonds is 5. The molecule has 0 saturated carbocycles. The molecule has 0 atom stereocenters. The number of anilines is 1. The van der Waals surface area contributed by atoms with Gasteiger partial charge in [0.1, 0.15) is 4.99 Å². The molecule has 2 aromatic rings. The smallest absolute Gasteiger partial charge is 0.104 e. The van der Waals surface area contributed by atoms with E-state index in [9.17, 15) is 0 Å². The SMILES string of the molecule is NC(=S)c1ccc(NCCc2cccnc2)c(Cl)c1. The van der Waals surface area contributed by atoms with Gasteiger partial charge in [0.2, 0.25) is 0 Å². The van der Waals surface area contributed by atoms with Crippen LogP contribution in [0.2, 0.25) is 5.02 Å². The number of nitrogens with two attached hydrogens (primary N) is 1. The topological polar surface area (TPSA) is 50.9 Å². The van der Waals surface area contributed by atoms with E-state index in [-0.39, 0.29) is 0 Å². The maximum Gasteiger partial charge on any atom is 0.104 e. The molecule has 1 heterocycles. The first-order valence-corrected chi connectivity index (χ1v) is 6.67. The van der Waals surface area contributed by atoms with Gasteiger partial charge in [-0.1, -0.05) is 29.9 Å². The Bertz CT molecular complexity index is 572. The molecule has 3 nitrogen and oxygen atoms in total. The normalized spacial score (nSPS) is 10.2. The van der Waals surface area contributed by atoms with Crippen LogP contribution in [0, 0.1) is 0 Å². The van der Waals surface area contributed by atoms with Crippen molar-refractivity contribution in [3.63, 3.8) is 0 Å². The summed E-state index contributed by atoms with van der Waals surface area (Å²) in [4.78, 5) is 4.43. The van der Waals surface area contributed by atoms with Crippen LogP contribution in [0.4, 0.5) is 5.69 Å². The molecule has 2 rings (SSSR count). The largest absolute Gasteiger partial charge is 0.389 e. The number of pyridine rings is 1. The van der Waals surface area contributed by atoms with Gasteiger partial charge >= 0.3 is 0 Å². The molecule has 0 amide bonds. The lowest BCUT2D eigenvalue weighted by atomic mass is 10.2. The van der Waals surface area contributed by atoms with Gasteiger partial charge < -0.3 is 11.1 Å². The Hall–Kier alpha value is -1.65. The van der Waals surface area contributed by atoms with Crippen molar-refractivity contribution in [1.29, 1.82) is 0 Å². The Labute approximate surface area is 122 Å². The van der Waals surface area contributed by atoms with Crippen LogP contribution in [0.25, 0.3) is 0 Å². The van der Waals surface area contributed by atoms with Crippen molar-refractivity contribution in [2.45, 2.75) is 6.42 Å². The lowest BCUT2D eigenvalue weighted by Gasteiger charge is -2.09. The maximum atomic E-state index is 6.17. The van der Waals surface area contributed by atoms with E-state index >= 15 is 0 Å². The second-order valence-corrected chi connectivity index (χ2v) is 4.94. The van der Waals surface area contributed by atoms with Gasteiger partial charge in [0.05, 0.1) is 10.7 Å². The molecule has 0 spiro atoms. The van der Waals surface area contributed by atoms with Crippen LogP contribution in [0.15, 0.2) is 42.7 Å². The third-order valence-corrected chi connectivity index (χ3v) is 3.25. The standard InChI is InChI=1S/C14H14ClN3S/c15-12-8-11(14(16)19)3-4-13(12)18-7-5-10-2-1-6-17-9-10/h1-4,6,8-9,18H,5,7H2,(H2,16,19). The number of hydrogen-bond donors (Lipinski definition) is 2. The average molecular weight is 292 g/mol. The minimum absolute atomic E-state index is 0.351. The molecule has 0 saturated heterocycles. The average Bonchev–Trinajstić information content (AvgIpc) is 2.41. The van der Waals surface area contributed by atoms with E-state index in [0.717, 1.165) is 24.2 Å². The monoisotopic (exact) mass is 291 g/mol. The van der Waals surface area contributed by atoms with Gasteiger partial charge in [-0.3, -0.25) is 4.98 Å². The second kappa shape index (κ2) is 6.50. The molecule has 19 heavy (non-hydrogen) atoms. The number of aromatic nitrogens is 1. The molecule has 1 aromatic carbocycles. The van der Waals surface area contributed by atoms with Gasteiger partial charge in [0.15, 0.2) is 0 Å².